The van der Waals surface area contributed by atoms with E-state index in [1.165, 1.54) is 4.68 Å². The molecule has 3 N–H and O–H groups in total. The van der Waals surface area contributed by atoms with Crippen LogP contribution in [0.4, 0.5) is 23.3 Å². The standard InChI is InChI=1S/C18H18N8O/c19-12-13-4-5-14(11-15(13)25-7-9-27-10-8-25)22-18-23-17(20)26(24-18)16-3-1-2-6-21-16/h1-6,11H,7-10H2,(H3,20,22,23,24). The molecule has 3 heterocycles. The fourth-order valence-electron chi connectivity index (χ4n) is 2.92. The zero-order valence-electron chi connectivity index (χ0n) is 14.5. The Morgan fingerprint density at radius 1 is 1.19 bits per heavy atom. The van der Waals surface area contributed by atoms with Crippen LogP contribution in [0.15, 0.2) is 42.6 Å². The molecule has 9 heteroatoms. The first-order chi connectivity index (χ1) is 13.2. The largest absolute Gasteiger partial charge is 0.378 e. The van der Waals surface area contributed by atoms with Crippen LogP contribution in [0, 0.1) is 11.3 Å². The minimum Gasteiger partial charge on any atom is -0.378 e. The summed E-state index contributed by atoms with van der Waals surface area (Å²) in [4.78, 5) is 10.6. The molecule has 0 atom stereocenters. The number of anilines is 4. The lowest BCUT2D eigenvalue weighted by Gasteiger charge is -2.29. The van der Waals surface area contributed by atoms with Crippen molar-refractivity contribution in [2.45, 2.75) is 0 Å². The average Bonchev–Trinajstić information content (AvgIpc) is 3.09. The summed E-state index contributed by atoms with van der Waals surface area (Å²) in [5.41, 5.74) is 8.22. The van der Waals surface area contributed by atoms with Crippen LogP contribution >= 0.6 is 0 Å². The van der Waals surface area contributed by atoms with Gasteiger partial charge in [-0.2, -0.15) is 14.9 Å². The number of benzene rings is 1. The molecule has 3 aromatic rings. The molecule has 1 aliphatic heterocycles. The van der Waals surface area contributed by atoms with Crippen molar-refractivity contribution in [3.05, 3.63) is 48.2 Å². The van der Waals surface area contributed by atoms with E-state index in [2.05, 4.69) is 31.4 Å². The second-order valence-electron chi connectivity index (χ2n) is 5.96. The Hall–Kier alpha value is -3.64. The number of morpholine rings is 1. The molecule has 0 aliphatic carbocycles. The number of nitrogens with zero attached hydrogens (tertiary/aromatic N) is 6. The third kappa shape index (κ3) is 3.51. The van der Waals surface area contributed by atoms with Crippen molar-refractivity contribution < 1.29 is 4.74 Å². The molecule has 1 saturated heterocycles. The topological polar surface area (TPSA) is 118 Å². The predicted octanol–water partition coefficient (Wildman–Crippen LogP) is 1.70. The molecule has 0 radical (unpaired) electrons. The molecule has 0 amide bonds. The van der Waals surface area contributed by atoms with Crippen LogP contribution in [-0.2, 0) is 4.74 Å². The Morgan fingerprint density at radius 3 is 2.78 bits per heavy atom. The lowest BCUT2D eigenvalue weighted by molar-refractivity contribution is 0.122. The molecule has 0 bridgehead atoms. The summed E-state index contributed by atoms with van der Waals surface area (Å²) in [6.45, 7) is 2.79. The molecule has 0 spiro atoms. The minimum absolute atomic E-state index is 0.234. The van der Waals surface area contributed by atoms with Crippen LogP contribution in [0.1, 0.15) is 5.56 Å². The van der Waals surface area contributed by atoms with E-state index in [0.29, 0.717) is 30.5 Å². The Kier molecular flexibility index (Phi) is 4.55. The van der Waals surface area contributed by atoms with Crippen molar-refractivity contribution in [1.82, 2.24) is 19.7 Å². The number of aromatic nitrogens is 4. The predicted molar refractivity (Wildman–Crippen MR) is 101 cm³/mol. The summed E-state index contributed by atoms with van der Waals surface area (Å²) < 4.78 is 6.86. The summed E-state index contributed by atoms with van der Waals surface area (Å²) >= 11 is 0. The van der Waals surface area contributed by atoms with Crippen molar-refractivity contribution in [2.75, 3.05) is 42.3 Å². The molecule has 1 aliphatic rings. The van der Waals surface area contributed by atoms with Crippen LogP contribution in [0.5, 0.6) is 0 Å². The van der Waals surface area contributed by atoms with Crippen LogP contribution in [0.2, 0.25) is 0 Å². The summed E-state index contributed by atoms with van der Waals surface area (Å²) in [6, 6.07) is 13.2. The van der Waals surface area contributed by atoms with Crippen LogP contribution in [0.25, 0.3) is 5.82 Å². The normalized spacial score (nSPS) is 14.0. The van der Waals surface area contributed by atoms with Gasteiger partial charge in [-0.05, 0) is 30.3 Å². The molecule has 2 aromatic heterocycles. The third-order valence-corrected chi connectivity index (χ3v) is 4.22. The molecule has 9 nitrogen and oxygen atoms in total. The summed E-state index contributed by atoms with van der Waals surface area (Å²) in [6.07, 6.45) is 1.67. The molecule has 0 saturated carbocycles. The first-order valence-corrected chi connectivity index (χ1v) is 8.52. The zero-order chi connectivity index (χ0) is 18.6. The summed E-state index contributed by atoms with van der Waals surface area (Å²) in [5.74, 6) is 1.18. The van der Waals surface area contributed by atoms with E-state index in [1.54, 1.807) is 18.3 Å². The van der Waals surface area contributed by atoms with Crippen LogP contribution in [0.3, 0.4) is 0 Å². The van der Waals surface area contributed by atoms with Gasteiger partial charge in [0.2, 0.25) is 11.9 Å². The van der Waals surface area contributed by atoms with Crippen molar-refractivity contribution in [3.8, 4) is 11.9 Å². The summed E-state index contributed by atoms with van der Waals surface area (Å²) in [7, 11) is 0. The molecule has 27 heavy (non-hydrogen) atoms. The van der Waals surface area contributed by atoms with Crippen LogP contribution < -0.4 is 16.0 Å². The van der Waals surface area contributed by atoms with Gasteiger partial charge >= 0.3 is 0 Å². The fourth-order valence-corrected chi connectivity index (χ4v) is 2.92. The number of nitrogen functional groups attached to an aromatic ring is 1. The molecular formula is C18H18N8O. The van der Waals surface area contributed by atoms with E-state index in [-0.39, 0.29) is 5.95 Å². The molecule has 1 aromatic carbocycles. The third-order valence-electron chi connectivity index (χ3n) is 4.22. The van der Waals surface area contributed by atoms with E-state index in [0.717, 1.165) is 24.5 Å². The van der Waals surface area contributed by atoms with Gasteiger partial charge in [-0.1, -0.05) is 6.07 Å². The van der Waals surface area contributed by atoms with Gasteiger partial charge in [-0.25, -0.2) is 4.98 Å². The highest BCUT2D eigenvalue weighted by Crippen LogP contribution is 2.27. The van der Waals surface area contributed by atoms with Gasteiger partial charge in [0.15, 0.2) is 5.82 Å². The Balaban J connectivity index is 1.61. The van der Waals surface area contributed by atoms with E-state index >= 15 is 0 Å². The van der Waals surface area contributed by atoms with Crippen molar-refractivity contribution in [1.29, 1.82) is 5.26 Å². The first-order valence-electron chi connectivity index (χ1n) is 8.52. The highest BCUT2D eigenvalue weighted by atomic mass is 16.5. The number of nitrogens with two attached hydrogens (primary N) is 1. The average molecular weight is 362 g/mol. The van der Waals surface area contributed by atoms with Gasteiger partial charge < -0.3 is 20.7 Å². The maximum Gasteiger partial charge on any atom is 0.248 e. The molecular weight excluding hydrogens is 344 g/mol. The maximum atomic E-state index is 9.42. The number of hydrogen-bond donors (Lipinski definition) is 2. The van der Waals surface area contributed by atoms with E-state index < -0.39 is 0 Å². The lowest BCUT2D eigenvalue weighted by Crippen LogP contribution is -2.36. The van der Waals surface area contributed by atoms with Crippen LogP contribution in [-0.4, -0.2) is 46.1 Å². The second kappa shape index (κ2) is 7.31. The van der Waals surface area contributed by atoms with E-state index in [1.807, 2.05) is 24.3 Å². The minimum atomic E-state index is 0.234. The monoisotopic (exact) mass is 362 g/mol. The first kappa shape index (κ1) is 16.8. The Bertz CT molecular complexity index is 973. The number of nitrogens with one attached hydrogen (secondary N) is 1. The van der Waals surface area contributed by atoms with E-state index in [9.17, 15) is 5.26 Å². The van der Waals surface area contributed by atoms with Gasteiger partial charge in [0, 0.05) is 25.0 Å². The Morgan fingerprint density at radius 2 is 2.04 bits per heavy atom. The number of nitriles is 1. The highest BCUT2D eigenvalue weighted by Gasteiger charge is 2.16. The molecule has 136 valence electrons. The number of rotatable bonds is 4. The van der Waals surface area contributed by atoms with Crippen molar-refractivity contribution in [2.24, 2.45) is 0 Å². The molecule has 4 rings (SSSR count). The van der Waals surface area contributed by atoms with Gasteiger partial charge in [0.1, 0.15) is 6.07 Å². The summed E-state index contributed by atoms with van der Waals surface area (Å²) in [5, 5.41) is 16.9. The smallest absolute Gasteiger partial charge is 0.248 e. The zero-order valence-corrected chi connectivity index (χ0v) is 14.5. The van der Waals surface area contributed by atoms with Crippen molar-refractivity contribution in [3.63, 3.8) is 0 Å². The van der Waals surface area contributed by atoms with Gasteiger partial charge in [0.25, 0.3) is 0 Å². The number of pyridine rings is 1. The van der Waals surface area contributed by atoms with Gasteiger partial charge in [-0.15, -0.1) is 5.10 Å². The molecule has 0 unspecified atom stereocenters. The number of ether oxygens (including phenoxy) is 1. The van der Waals surface area contributed by atoms with Crippen molar-refractivity contribution >= 4 is 23.3 Å². The SMILES string of the molecule is N#Cc1ccc(Nc2nc(N)n(-c3ccccn3)n2)cc1N1CCOCC1. The van der Waals surface area contributed by atoms with E-state index in [4.69, 9.17) is 10.5 Å². The highest BCUT2D eigenvalue weighted by molar-refractivity contribution is 5.69. The fraction of sp³-hybridized carbons (Fsp3) is 0.222. The molecule has 1 fully saturated rings. The maximum absolute atomic E-state index is 9.42. The number of hydrogen-bond acceptors (Lipinski definition) is 8. The Labute approximate surface area is 156 Å². The lowest BCUT2D eigenvalue weighted by atomic mass is 10.1. The quantitative estimate of drug-likeness (QED) is 0.720. The van der Waals surface area contributed by atoms with Gasteiger partial charge in [0.05, 0.1) is 24.5 Å². The van der Waals surface area contributed by atoms with Gasteiger partial charge in [-0.3, -0.25) is 0 Å². The second-order valence-corrected chi connectivity index (χ2v) is 5.96.